The van der Waals surface area contributed by atoms with Crippen molar-refractivity contribution in [2.24, 2.45) is 17.3 Å². The number of esters is 2. The highest BCUT2D eigenvalue weighted by Gasteiger charge is 2.44. The minimum Gasteiger partial charge on any atom is -0.393 e. The Morgan fingerprint density at radius 3 is 1.73 bits per heavy atom. The molecule has 15 heavy (non-hydrogen) atoms. The van der Waals surface area contributed by atoms with Crippen molar-refractivity contribution in [1.82, 2.24) is 0 Å². The topological polar surface area (TPSA) is 43.4 Å². The van der Waals surface area contributed by atoms with E-state index in [4.69, 9.17) is 4.74 Å². The second-order valence-electron chi connectivity index (χ2n) is 4.58. The molecule has 0 bridgehead atoms. The molecule has 0 aliphatic heterocycles. The maximum Gasteiger partial charge on any atom is 0.320 e. The zero-order valence-electron chi connectivity index (χ0n) is 10.6. The smallest absolute Gasteiger partial charge is 0.320 e. The average molecular weight is 214 g/mol. The molecule has 3 nitrogen and oxygen atoms in total. The number of ether oxygens (including phenoxy) is 1. The number of hydrogen-bond donors (Lipinski definition) is 0. The van der Waals surface area contributed by atoms with Crippen molar-refractivity contribution in [3.63, 3.8) is 0 Å². The summed E-state index contributed by atoms with van der Waals surface area (Å²) >= 11 is 0. The van der Waals surface area contributed by atoms with Crippen molar-refractivity contribution in [2.75, 3.05) is 0 Å². The van der Waals surface area contributed by atoms with E-state index in [1.807, 2.05) is 34.6 Å². The highest BCUT2D eigenvalue weighted by atomic mass is 16.6. The van der Waals surface area contributed by atoms with E-state index >= 15 is 0 Å². The minimum absolute atomic E-state index is 0.161. The number of rotatable bonds is 4. The summed E-state index contributed by atoms with van der Waals surface area (Å²) in [6, 6.07) is 0. The maximum absolute atomic E-state index is 11.9. The summed E-state index contributed by atoms with van der Waals surface area (Å²) in [4.78, 5) is 22.8. The largest absolute Gasteiger partial charge is 0.393 e. The summed E-state index contributed by atoms with van der Waals surface area (Å²) in [5, 5.41) is 0. The van der Waals surface area contributed by atoms with Crippen LogP contribution in [0.3, 0.4) is 0 Å². The van der Waals surface area contributed by atoms with Crippen molar-refractivity contribution in [1.29, 1.82) is 0 Å². The van der Waals surface area contributed by atoms with Crippen molar-refractivity contribution < 1.29 is 14.3 Å². The second-order valence-corrected chi connectivity index (χ2v) is 4.58. The van der Waals surface area contributed by atoms with Gasteiger partial charge in [-0.15, -0.1) is 0 Å². The molecule has 0 fully saturated rings. The fraction of sp³-hybridized carbons (Fsp3) is 0.833. The van der Waals surface area contributed by atoms with Gasteiger partial charge >= 0.3 is 11.9 Å². The molecule has 0 saturated heterocycles. The molecule has 0 saturated carbocycles. The van der Waals surface area contributed by atoms with Crippen LogP contribution in [0.4, 0.5) is 0 Å². The molecule has 88 valence electrons. The zero-order valence-corrected chi connectivity index (χ0v) is 10.6. The van der Waals surface area contributed by atoms with E-state index in [0.29, 0.717) is 6.42 Å². The third-order valence-corrected chi connectivity index (χ3v) is 3.26. The fourth-order valence-corrected chi connectivity index (χ4v) is 2.32. The van der Waals surface area contributed by atoms with Crippen LogP contribution >= 0.6 is 0 Å². The van der Waals surface area contributed by atoms with Gasteiger partial charge in [0, 0.05) is 6.92 Å². The Labute approximate surface area is 92.2 Å². The Balaban J connectivity index is 5.07. The van der Waals surface area contributed by atoms with Gasteiger partial charge in [-0.3, -0.25) is 9.59 Å². The first-order valence-corrected chi connectivity index (χ1v) is 5.51. The van der Waals surface area contributed by atoms with E-state index in [-0.39, 0.29) is 17.8 Å². The molecule has 0 aliphatic carbocycles. The lowest BCUT2D eigenvalue weighted by Crippen LogP contribution is -2.42. The first-order chi connectivity index (χ1) is 6.78. The summed E-state index contributed by atoms with van der Waals surface area (Å²) in [5.41, 5.74) is -0.550. The number of carbonyl (C=O) groups is 2. The standard InChI is InChI=1S/C12H22O3/c1-7-12(8(2)3,9(4)5)11(14)15-10(6)13/h8-9H,7H2,1-6H3. The van der Waals surface area contributed by atoms with Gasteiger partial charge in [0.05, 0.1) is 5.41 Å². The van der Waals surface area contributed by atoms with Gasteiger partial charge in [-0.25, -0.2) is 0 Å². The predicted molar refractivity (Wildman–Crippen MR) is 59.2 cm³/mol. The first kappa shape index (κ1) is 14.1. The Morgan fingerprint density at radius 2 is 1.53 bits per heavy atom. The lowest BCUT2D eigenvalue weighted by atomic mass is 9.67. The van der Waals surface area contributed by atoms with Gasteiger partial charge in [-0.2, -0.15) is 0 Å². The molecule has 0 radical (unpaired) electrons. The molecule has 0 rings (SSSR count). The van der Waals surface area contributed by atoms with Crippen LogP contribution in [0.2, 0.25) is 0 Å². The van der Waals surface area contributed by atoms with Crippen molar-refractivity contribution in [2.45, 2.75) is 48.0 Å². The van der Waals surface area contributed by atoms with Crippen LogP contribution < -0.4 is 0 Å². The normalized spacial score (nSPS) is 12.0. The summed E-state index contributed by atoms with van der Waals surface area (Å²) < 4.78 is 4.75. The average Bonchev–Trinajstić information content (AvgIpc) is 2.02. The van der Waals surface area contributed by atoms with Crippen LogP contribution in [0.25, 0.3) is 0 Å². The van der Waals surface area contributed by atoms with E-state index in [1.165, 1.54) is 6.92 Å². The van der Waals surface area contributed by atoms with E-state index < -0.39 is 11.4 Å². The summed E-state index contributed by atoms with van der Waals surface area (Å²) in [6.45, 7) is 11.2. The van der Waals surface area contributed by atoms with E-state index in [9.17, 15) is 9.59 Å². The molecule has 0 atom stereocenters. The lowest BCUT2D eigenvalue weighted by Gasteiger charge is -2.37. The van der Waals surface area contributed by atoms with Crippen LogP contribution in [-0.4, -0.2) is 11.9 Å². The second kappa shape index (κ2) is 5.29. The molecule has 0 aliphatic rings. The monoisotopic (exact) mass is 214 g/mol. The molecule has 0 spiro atoms. The fourth-order valence-electron chi connectivity index (χ4n) is 2.32. The predicted octanol–water partition coefficient (Wildman–Crippen LogP) is 2.78. The van der Waals surface area contributed by atoms with Gasteiger partial charge in [0.2, 0.25) is 0 Å². The van der Waals surface area contributed by atoms with Gasteiger partial charge in [-0.05, 0) is 18.3 Å². The van der Waals surface area contributed by atoms with Crippen LogP contribution in [0, 0.1) is 17.3 Å². The van der Waals surface area contributed by atoms with Crippen LogP contribution in [0.1, 0.15) is 48.0 Å². The first-order valence-electron chi connectivity index (χ1n) is 5.51. The third kappa shape index (κ3) is 2.80. The van der Waals surface area contributed by atoms with E-state index in [2.05, 4.69) is 0 Å². The van der Waals surface area contributed by atoms with Crippen molar-refractivity contribution in [3.8, 4) is 0 Å². The molecular weight excluding hydrogens is 192 g/mol. The quantitative estimate of drug-likeness (QED) is 0.534. The Morgan fingerprint density at radius 1 is 1.13 bits per heavy atom. The van der Waals surface area contributed by atoms with Crippen LogP contribution in [0.15, 0.2) is 0 Å². The van der Waals surface area contributed by atoms with E-state index in [1.54, 1.807) is 0 Å². The molecule has 3 heteroatoms. The minimum atomic E-state index is -0.550. The van der Waals surface area contributed by atoms with Gasteiger partial charge in [0.1, 0.15) is 0 Å². The van der Waals surface area contributed by atoms with Crippen LogP contribution in [-0.2, 0) is 14.3 Å². The Kier molecular flexibility index (Phi) is 4.98. The molecule has 0 amide bonds. The Bertz CT molecular complexity index is 233. The molecule has 0 heterocycles. The highest BCUT2D eigenvalue weighted by molar-refractivity contribution is 5.88. The van der Waals surface area contributed by atoms with Gasteiger partial charge in [-0.1, -0.05) is 34.6 Å². The third-order valence-electron chi connectivity index (χ3n) is 3.26. The van der Waals surface area contributed by atoms with Gasteiger partial charge < -0.3 is 4.74 Å². The highest BCUT2D eigenvalue weighted by Crippen LogP contribution is 2.40. The van der Waals surface area contributed by atoms with Crippen molar-refractivity contribution in [3.05, 3.63) is 0 Å². The SMILES string of the molecule is CCC(C(=O)OC(C)=O)(C(C)C)C(C)C. The maximum atomic E-state index is 11.9. The van der Waals surface area contributed by atoms with Crippen LogP contribution in [0.5, 0.6) is 0 Å². The molecule has 0 aromatic heterocycles. The van der Waals surface area contributed by atoms with Crippen molar-refractivity contribution >= 4 is 11.9 Å². The Hall–Kier alpha value is -0.860. The lowest BCUT2D eigenvalue weighted by molar-refractivity contribution is -0.171. The molecule has 0 aromatic carbocycles. The number of carbonyl (C=O) groups excluding carboxylic acids is 2. The summed E-state index contributed by atoms with van der Waals surface area (Å²) in [7, 11) is 0. The number of hydrogen-bond acceptors (Lipinski definition) is 3. The molecule has 0 unspecified atom stereocenters. The zero-order chi connectivity index (χ0) is 12.2. The summed E-state index contributed by atoms with van der Waals surface area (Å²) in [5.74, 6) is -0.592. The van der Waals surface area contributed by atoms with Gasteiger partial charge in [0.25, 0.3) is 0 Å². The molecule has 0 N–H and O–H groups in total. The molecular formula is C12H22O3. The van der Waals surface area contributed by atoms with Gasteiger partial charge in [0.15, 0.2) is 0 Å². The molecule has 0 aromatic rings. The summed E-state index contributed by atoms with van der Waals surface area (Å²) in [6.07, 6.45) is 0.689. The van der Waals surface area contributed by atoms with E-state index in [0.717, 1.165) is 0 Å².